The highest BCUT2D eigenvalue weighted by molar-refractivity contribution is 6.31. The van der Waals surface area contributed by atoms with Gasteiger partial charge in [-0.1, -0.05) is 11.6 Å². The Morgan fingerprint density at radius 1 is 1.44 bits per heavy atom. The van der Waals surface area contributed by atoms with E-state index in [0.717, 1.165) is 6.07 Å². The lowest BCUT2D eigenvalue weighted by Crippen LogP contribution is -2.15. The van der Waals surface area contributed by atoms with Gasteiger partial charge >= 0.3 is 6.18 Å². The lowest BCUT2D eigenvalue weighted by molar-refractivity contribution is -0.138. The van der Waals surface area contributed by atoms with E-state index < -0.39 is 35.4 Å². The van der Waals surface area contributed by atoms with Crippen LogP contribution in [0.5, 0.6) is 5.75 Å². The van der Waals surface area contributed by atoms with Crippen molar-refractivity contribution in [2.45, 2.75) is 6.18 Å². The van der Waals surface area contributed by atoms with Crippen molar-refractivity contribution in [1.29, 1.82) is 0 Å². The fourth-order valence-electron chi connectivity index (χ4n) is 1.14. The summed E-state index contributed by atoms with van der Waals surface area (Å²) >= 11 is 5.42. The van der Waals surface area contributed by atoms with Gasteiger partial charge in [0.25, 0.3) is 0 Å². The number of hydrogen-bond donors (Lipinski definition) is 2. The number of hydrogen-bond acceptors (Lipinski definition) is 3. The third-order valence-electron chi connectivity index (χ3n) is 1.87. The summed E-state index contributed by atoms with van der Waals surface area (Å²) in [6, 6.07) is 1.49. The van der Waals surface area contributed by atoms with Crippen molar-refractivity contribution in [2.75, 3.05) is 6.54 Å². The van der Waals surface area contributed by atoms with E-state index in [0.29, 0.717) is 6.07 Å². The average Bonchev–Trinajstić information content (AvgIpc) is 2.18. The van der Waals surface area contributed by atoms with Crippen LogP contribution in [0.3, 0.4) is 0 Å². The zero-order chi connectivity index (χ0) is 12.5. The van der Waals surface area contributed by atoms with Crippen LogP contribution < -0.4 is 5.73 Å². The van der Waals surface area contributed by atoms with E-state index in [4.69, 9.17) is 17.3 Å². The molecule has 0 spiro atoms. The van der Waals surface area contributed by atoms with Crippen LogP contribution in [-0.2, 0) is 6.18 Å². The molecule has 0 aliphatic heterocycles. The Hall–Kier alpha value is -1.27. The van der Waals surface area contributed by atoms with E-state index in [2.05, 4.69) is 0 Å². The molecule has 0 aliphatic rings. The summed E-state index contributed by atoms with van der Waals surface area (Å²) in [4.78, 5) is 11.2. The molecule has 0 amide bonds. The molecule has 88 valence electrons. The van der Waals surface area contributed by atoms with E-state index in [1.54, 1.807) is 0 Å². The number of ketones is 1. The Balaban J connectivity index is 3.44. The number of halogens is 4. The highest BCUT2D eigenvalue weighted by atomic mass is 35.5. The molecule has 0 fully saturated rings. The van der Waals surface area contributed by atoms with Crippen LogP contribution in [0.15, 0.2) is 12.1 Å². The van der Waals surface area contributed by atoms with Gasteiger partial charge in [0.05, 0.1) is 17.7 Å². The maximum atomic E-state index is 12.4. The van der Waals surface area contributed by atoms with Crippen molar-refractivity contribution in [3.05, 3.63) is 28.3 Å². The summed E-state index contributed by atoms with van der Waals surface area (Å²) in [5.74, 6) is -1.96. The number of nitrogens with two attached hydrogens (primary N) is 1. The van der Waals surface area contributed by atoms with Gasteiger partial charge in [0.15, 0.2) is 5.78 Å². The first-order chi connectivity index (χ1) is 7.27. The molecular formula is C9H7ClF3NO2. The summed E-state index contributed by atoms with van der Waals surface area (Å²) in [5.41, 5.74) is 3.12. The number of phenolic OH excluding ortho intramolecular Hbond substituents is 1. The minimum Gasteiger partial charge on any atom is -0.507 e. The van der Waals surface area contributed by atoms with Crippen molar-refractivity contribution in [3.8, 4) is 5.75 Å². The van der Waals surface area contributed by atoms with E-state index in [-0.39, 0.29) is 5.02 Å². The van der Waals surface area contributed by atoms with Crippen molar-refractivity contribution in [2.24, 2.45) is 5.73 Å². The molecule has 1 aromatic carbocycles. The molecule has 1 rings (SSSR count). The molecule has 16 heavy (non-hydrogen) atoms. The van der Waals surface area contributed by atoms with Crippen LogP contribution in [0.1, 0.15) is 15.9 Å². The van der Waals surface area contributed by atoms with Crippen LogP contribution >= 0.6 is 11.6 Å². The first-order valence-electron chi connectivity index (χ1n) is 4.10. The highest BCUT2D eigenvalue weighted by Crippen LogP contribution is 2.39. The molecule has 0 unspecified atom stereocenters. The molecule has 0 aromatic heterocycles. The molecule has 1 aromatic rings. The third kappa shape index (κ3) is 2.45. The summed E-state index contributed by atoms with van der Waals surface area (Å²) in [6.45, 7) is -0.509. The van der Waals surface area contributed by atoms with Gasteiger partial charge in [-0.25, -0.2) is 0 Å². The van der Waals surface area contributed by atoms with Gasteiger partial charge in [0, 0.05) is 5.02 Å². The average molecular weight is 254 g/mol. The zero-order valence-corrected chi connectivity index (χ0v) is 8.56. The Morgan fingerprint density at radius 3 is 2.44 bits per heavy atom. The number of Topliss-reactive ketones (excluding diaryl/α,β-unsaturated/α-hetero) is 1. The van der Waals surface area contributed by atoms with E-state index in [1.807, 2.05) is 0 Å². The fourth-order valence-corrected chi connectivity index (χ4v) is 1.36. The molecular weight excluding hydrogens is 247 g/mol. The Kier molecular flexibility index (Phi) is 3.44. The molecule has 0 atom stereocenters. The lowest BCUT2D eigenvalue weighted by Gasteiger charge is -2.12. The SMILES string of the molecule is NCC(=O)c1cc(Cl)cc(C(F)(F)F)c1O. The molecule has 0 saturated carbocycles. The molecule has 0 radical (unpaired) electrons. The van der Waals surface area contributed by atoms with Crippen LogP contribution in [0.4, 0.5) is 13.2 Å². The number of aromatic hydroxyl groups is 1. The van der Waals surface area contributed by atoms with Gasteiger partial charge in [-0.15, -0.1) is 0 Å². The second kappa shape index (κ2) is 4.31. The monoisotopic (exact) mass is 253 g/mol. The van der Waals surface area contributed by atoms with Gasteiger partial charge in [0.1, 0.15) is 5.75 Å². The predicted octanol–water partition coefficient (Wildman–Crippen LogP) is 2.21. The number of benzene rings is 1. The topological polar surface area (TPSA) is 63.3 Å². The summed E-state index contributed by atoms with van der Waals surface area (Å²) in [5, 5.41) is 9.01. The Bertz CT molecular complexity index is 431. The second-order valence-electron chi connectivity index (χ2n) is 2.97. The van der Waals surface area contributed by atoms with E-state index in [9.17, 15) is 23.1 Å². The normalized spacial score (nSPS) is 11.6. The van der Waals surface area contributed by atoms with Crippen LogP contribution in [0, 0.1) is 0 Å². The maximum Gasteiger partial charge on any atom is 0.420 e. The molecule has 7 heteroatoms. The number of rotatable bonds is 2. The smallest absolute Gasteiger partial charge is 0.420 e. The number of phenols is 1. The first-order valence-corrected chi connectivity index (χ1v) is 4.48. The van der Waals surface area contributed by atoms with Crippen molar-refractivity contribution < 1.29 is 23.1 Å². The standard InChI is InChI=1S/C9H7ClF3NO2/c10-4-1-5(7(15)3-14)8(16)6(2-4)9(11,12)13/h1-2,16H,3,14H2. The highest BCUT2D eigenvalue weighted by Gasteiger charge is 2.36. The van der Waals surface area contributed by atoms with Gasteiger partial charge in [-0.3, -0.25) is 4.79 Å². The maximum absolute atomic E-state index is 12.4. The third-order valence-corrected chi connectivity index (χ3v) is 2.08. The van der Waals surface area contributed by atoms with Gasteiger partial charge in [0.2, 0.25) is 0 Å². The van der Waals surface area contributed by atoms with Crippen molar-refractivity contribution in [1.82, 2.24) is 0 Å². The van der Waals surface area contributed by atoms with Crippen LogP contribution in [-0.4, -0.2) is 17.4 Å². The van der Waals surface area contributed by atoms with E-state index >= 15 is 0 Å². The van der Waals surface area contributed by atoms with Gasteiger partial charge < -0.3 is 10.8 Å². The van der Waals surface area contributed by atoms with Gasteiger partial charge in [-0.2, -0.15) is 13.2 Å². The Morgan fingerprint density at radius 2 is 2.00 bits per heavy atom. The minimum absolute atomic E-state index is 0.290. The zero-order valence-electron chi connectivity index (χ0n) is 7.81. The summed E-state index contributed by atoms with van der Waals surface area (Å²) in [7, 11) is 0. The predicted molar refractivity (Wildman–Crippen MR) is 51.5 cm³/mol. The molecule has 0 aliphatic carbocycles. The van der Waals surface area contributed by atoms with Crippen molar-refractivity contribution in [3.63, 3.8) is 0 Å². The first kappa shape index (κ1) is 12.8. The number of carbonyl (C=O) groups excluding carboxylic acids is 1. The van der Waals surface area contributed by atoms with Crippen molar-refractivity contribution >= 4 is 17.4 Å². The largest absolute Gasteiger partial charge is 0.507 e. The number of alkyl halides is 3. The molecule has 3 nitrogen and oxygen atoms in total. The quantitative estimate of drug-likeness (QED) is 0.795. The van der Waals surface area contributed by atoms with Gasteiger partial charge in [-0.05, 0) is 12.1 Å². The molecule has 0 bridgehead atoms. The minimum atomic E-state index is -4.78. The fraction of sp³-hybridized carbons (Fsp3) is 0.222. The Labute approximate surface area is 93.6 Å². The summed E-state index contributed by atoms with van der Waals surface area (Å²) in [6.07, 6.45) is -4.78. The lowest BCUT2D eigenvalue weighted by atomic mass is 10.0. The number of carbonyl (C=O) groups is 1. The second-order valence-corrected chi connectivity index (χ2v) is 3.41. The van der Waals surface area contributed by atoms with Crippen LogP contribution in [0.25, 0.3) is 0 Å². The molecule has 0 saturated heterocycles. The molecule has 0 heterocycles. The summed E-state index contributed by atoms with van der Waals surface area (Å²) < 4.78 is 37.2. The van der Waals surface area contributed by atoms with Crippen LogP contribution in [0.2, 0.25) is 5.02 Å². The molecule has 3 N–H and O–H groups in total. The van der Waals surface area contributed by atoms with E-state index in [1.165, 1.54) is 0 Å².